The van der Waals surface area contributed by atoms with Gasteiger partial charge in [0.2, 0.25) is 10.0 Å². The fourth-order valence-electron chi connectivity index (χ4n) is 1.53. The highest BCUT2D eigenvalue weighted by Crippen LogP contribution is 2.22. The number of benzene rings is 1. The van der Waals surface area contributed by atoms with Crippen LogP contribution in [0, 0.1) is 6.92 Å². The third-order valence-electron chi connectivity index (χ3n) is 2.28. The van der Waals surface area contributed by atoms with E-state index in [2.05, 4.69) is 4.98 Å². The van der Waals surface area contributed by atoms with Gasteiger partial charge in [-0.15, -0.1) is 0 Å². The van der Waals surface area contributed by atoms with Gasteiger partial charge >= 0.3 is 0 Å². The van der Waals surface area contributed by atoms with Crippen LogP contribution < -0.4 is 0 Å². The van der Waals surface area contributed by atoms with Gasteiger partial charge in [0.1, 0.15) is 5.75 Å². The lowest BCUT2D eigenvalue weighted by atomic mass is 10.2. The van der Waals surface area contributed by atoms with Crippen molar-refractivity contribution in [2.24, 2.45) is 0 Å². The molecule has 0 fully saturated rings. The molecule has 0 amide bonds. The van der Waals surface area contributed by atoms with Gasteiger partial charge in [-0.1, -0.05) is 0 Å². The predicted molar refractivity (Wildman–Crippen MR) is 64.3 cm³/mol. The average molecular weight is 252 g/mol. The van der Waals surface area contributed by atoms with Gasteiger partial charge in [0.05, 0.1) is 11.9 Å². The number of aromatic nitrogens is 2. The molecule has 0 aliphatic heterocycles. The van der Waals surface area contributed by atoms with Crippen LogP contribution in [0.5, 0.6) is 5.75 Å². The second-order valence-corrected chi connectivity index (χ2v) is 5.67. The Morgan fingerprint density at radius 1 is 1.24 bits per heavy atom. The van der Waals surface area contributed by atoms with Gasteiger partial charge in [-0.3, -0.25) is 0 Å². The minimum Gasteiger partial charge on any atom is -0.508 e. The van der Waals surface area contributed by atoms with Gasteiger partial charge < -0.3 is 5.11 Å². The summed E-state index contributed by atoms with van der Waals surface area (Å²) < 4.78 is 24.3. The monoisotopic (exact) mass is 252 g/mol. The summed E-state index contributed by atoms with van der Waals surface area (Å²) in [5.74, 6) is 0.480. The lowest BCUT2D eigenvalue weighted by Crippen LogP contribution is -2.10. The number of imidazole rings is 1. The van der Waals surface area contributed by atoms with Crippen LogP contribution in [-0.4, -0.2) is 28.7 Å². The topological polar surface area (TPSA) is 72.2 Å². The Hall–Kier alpha value is -1.82. The van der Waals surface area contributed by atoms with Crippen molar-refractivity contribution >= 4 is 10.0 Å². The summed E-state index contributed by atoms with van der Waals surface area (Å²) >= 11 is 0. The van der Waals surface area contributed by atoms with E-state index >= 15 is 0 Å². The van der Waals surface area contributed by atoms with Gasteiger partial charge in [0.25, 0.3) is 0 Å². The maximum atomic E-state index is 11.6. The van der Waals surface area contributed by atoms with Gasteiger partial charge in [0.15, 0.2) is 5.82 Å². The molecule has 5 nitrogen and oxygen atoms in total. The van der Waals surface area contributed by atoms with Crippen molar-refractivity contribution in [1.82, 2.24) is 8.96 Å². The summed E-state index contributed by atoms with van der Waals surface area (Å²) in [6.07, 6.45) is 2.59. The van der Waals surface area contributed by atoms with Gasteiger partial charge in [-0.05, 0) is 31.2 Å². The zero-order valence-electron chi connectivity index (χ0n) is 9.45. The Morgan fingerprint density at radius 3 is 2.35 bits per heavy atom. The molecule has 1 heterocycles. The molecule has 0 unspecified atom stereocenters. The molecule has 6 heteroatoms. The fourth-order valence-corrected chi connectivity index (χ4v) is 2.34. The Bertz CT molecular complexity index is 642. The highest BCUT2D eigenvalue weighted by molar-refractivity contribution is 7.89. The second kappa shape index (κ2) is 3.89. The summed E-state index contributed by atoms with van der Waals surface area (Å²) in [6.45, 7) is 1.73. The zero-order chi connectivity index (χ0) is 12.6. The van der Waals surface area contributed by atoms with Crippen LogP contribution in [0.25, 0.3) is 11.4 Å². The first-order valence-electron chi connectivity index (χ1n) is 4.94. The van der Waals surface area contributed by atoms with Crippen molar-refractivity contribution < 1.29 is 13.5 Å². The SMILES string of the molecule is Cc1cn(S(C)(=O)=O)c(-c2ccc(O)cc2)n1. The van der Waals surface area contributed by atoms with E-state index < -0.39 is 10.0 Å². The quantitative estimate of drug-likeness (QED) is 0.876. The lowest BCUT2D eigenvalue weighted by Gasteiger charge is -2.04. The summed E-state index contributed by atoms with van der Waals surface area (Å²) in [7, 11) is -3.38. The largest absolute Gasteiger partial charge is 0.508 e. The molecule has 0 atom stereocenters. The van der Waals surface area contributed by atoms with Crippen LogP contribution in [0.4, 0.5) is 0 Å². The maximum Gasteiger partial charge on any atom is 0.237 e. The van der Waals surface area contributed by atoms with E-state index in [1.807, 2.05) is 0 Å². The molecular weight excluding hydrogens is 240 g/mol. The number of aromatic hydroxyl groups is 1. The molecule has 0 radical (unpaired) electrons. The third-order valence-corrected chi connectivity index (χ3v) is 3.27. The van der Waals surface area contributed by atoms with Crippen LogP contribution in [0.1, 0.15) is 5.69 Å². The summed E-state index contributed by atoms with van der Waals surface area (Å²) in [6, 6.07) is 6.23. The smallest absolute Gasteiger partial charge is 0.237 e. The van der Waals surface area contributed by atoms with E-state index in [4.69, 9.17) is 0 Å². The van der Waals surface area contributed by atoms with Crippen LogP contribution in [0.2, 0.25) is 0 Å². The van der Waals surface area contributed by atoms with Crippen molar-refractivity contribution in [3.05, 3.63) is 36.2 Å². The molecule has 2 aromatic rings. The highest BCUT2D eigenvalue weighted by atomic mass is 32.2. The molecule has 90 valence electrons. The zero-order valence-corrected chi connectivity index (χ0v) is 10.3. The van der Waals surface area contributed by atoms with Gasteiger partial charge in [-0.25, -0.2) is 17.4 Å². The molecule has 2 rings (SSSR count). The van der Waals surface area contributed by atoms with E-state index in [9.17, 15) is 13.5 Å². The average Bonchev–Trinajstić information content (AvgIpc) is 2.61. The Labute approximate surface area is 99.4 Å². The van der Waals surface area contributed by atoms with Crippen LogP contribution >= 0.6 is 0 Å². The predicted octanol–water partition coefficient (Wildman–Crippen LogP) is 1.37. The van der Waals surface area contributed by atoms with E-state index in [0.29, 0.717) is 17.1 Å². The third kappa shape index (κ3) is 2.31. The van der Waals surface area contributed by atoms with Crippen molar-refractivity contribution in [2.45, 2.75) is 6.92 Å². The maximum absolute atomic E-state index is 11.6. The molecular formula is C11H12N2O3S. The fraction of sp³-hybridized carbons (Fsp3) is 0.182. The van der Waals surface area contributed by atoms with Crippen molar-refractivity contribution in [2.75, 3.05) is 6.26 Å². The van der Waals surface area contributed by atoms with Crippen molar-refractivity contribution in [1.29, 1.82) is 0 Å². The van der Waals surface area contributed by atoms with Crippen LogP contribution in [-0.2, 0) is 10.0 Å². The molecule has 17 heavy (non-hydrogen) atoms. The minimum absolute atomic E-state index is 0.128. The second-order valence-electron chi connectivity index (χ2n) is 3.81. The number of aryl methyl sites for hydroxylation is 1. The van der Waals surface area contributed by atoms with Crippen LogP contribution in [0.3, 0.4) is 0 Å². The standard InChI is InChI=1S/C11H12N2O3S/c1-8-7-13(17(2,15)16)11(12-8)9-3-5-10(14)6-4-9/h3-7,14H,1-2H3. The number of phenolic OH excluding ortho intramolecular Hbond substituents is 1. The summed E-state index contributed by atoms with van der Waals surface area (Å²) in [4.78, 5) is 4.18. The Kier molecular flexibility index (Phi) is 2.66. The van der Waals surface area contributed by atoms with Gasteiger partial charge in [0, 0.05) is 11.8 Å². The molecule has 0 saturated heterocycles. The molecule has 1 N–H and O–H groups in total. The van der Waals surface area contributed by atoms with E-state index in [1.54, 1.807) is 19.1 Å². The Balaban J connectivity index is 2.64. The van der Waals surface area contributed by atoms with Crippen molar-refractivity contribution in [3.63, 3.8) is 0 Å². The summed E-state index contributed by atoms with van der Waals surface area (Å²) in [5.41, 5.74) is 1.26. The first-order valence-corrected chi connectivity index (χ1v) is 6.79. The molecule has 0 bridgehead atoms. The van der Waals surface area contributed by atoms with Gasteiger partial charge in [-0.2, -0.15) is 0 Å². The minimum atomic E-state index is -3.38. The number of nitrogens with zero attached hydrogens (tertiary/aromatic N) is 2. The lowest BCUT2D eigenvalue weighted by molar-refractivity contribution is 0.475. The number of hydrogen-bond acceptors (Lipinski definition) is 4. The van der Waals surface area contributed by atoms with Crippen LogP contribution in [0.15, 0.2) is 30.5 Å². The first-order chi connectivity index (χ1) is 7.88. The number of hydrogen-bond donors (Lipinski definition) is 1. The van der Waals surface area contributed by atoms with E-state index in [0.717, 1.165) is 10.2 Å². The Morgan fingerprint density at radius 2 is 1.82 bits per heavy atom. The molecule has 0 aliphatic carbocycles. The summed E-state index contributed by atoms with van der Waals surface area (Å²) in [5, 5.41) is 9.19. The van der Waals surface area contributed by atoms with E-state index in [-0.39, 0.29) is 5.75 Å². The van der Waals surface area contributed by atoms with E-state index in [1.165, 1.54) is 18.3 Å². The first kappa shape index (κ1) is 11.7. The number of phenols is 1. The molecule has 1 aromatic heterocycles. The molecule has 0 aliphatic rings. The molecule has 0 saturated carbocycles. The highest BCUT2D eigenvalue weighted by Gasteiger charge is 2.15. The van der Waals surface area contributed by atoms with Crippen molar-refractivity contribution in [3.8, 4) is 17.1 Å². The normalized spacial score (nSPS) is 11.6. The molecule has 0 spiro atoms. The number of rotatable bonds is 2. The molecule has 1 aromatic carbocycles.